The number of anilines is 1. The summed E-state index contributed by atoms with van der Waals surface area (Å²) in [5.74, 6) is -0.496. The van der Waals surface area contributed by atoms with E-state index in [0.717, 1.165) is 23.5 Å². The minimum Gasteiger partial charge on any atom is -0.321 e. The van der Waals surface area contributed by atoms with Crippen LogP contribution in [0.1, 0.15) is 26.5 Å². The number of sulfonamides is 1. The van der Waals surface area contributed by atoms with Crippen LogP contribution < -0.4 is 10.0 Å². The van der Waals surface area contributed by atoms with E-state index in [9.17, 15) is 26.4 Å². The number of amides is 1. The summed E-state index contributed by atoms with van der Waals surface area (Å²) >= 11 is 1.04. The van der Waals surface area contributed by atoms with Crippen molar-refractivity contribution in [3.8, 4) is 10.6 Å². The molecule has 0 spiro atoms. The molecule has 0 aliphatic heterocycles. The zero-order valence-corrected chi connectivity index (χ0v) is 18.3. The highest BCUT2D eigenvalue weighted by molar-refractivity contribution is 7.89. The monoisotopic (exact) mass is 469 g/mol. The molecule has 2 N–H and O–H groups in total. The maximum Gasteiger partial charge on any atom is 0.416 e. The lowest BCUT2D eigenvalue weighted by Crippen LogP contribution is -2.20. The summed E-state index contributed by atoms with van der Waals surface area (Å²) in [5, 5.41) is 3.05. The number of aromatic nitrogens is 1. The van der Waals surface area contributed by atoms with E-state index >= 15 is 0 Å². The number of aryl methyl sites for hydroxylation is 2. The summed E-state index contributed by atoms with van der Waals surface area (Å²) < 4.78 is 64.7. The molecule has 11 heteroatoms. The van der Waals surface area contributed by atoms with Crippen LogP contribution in [0.5, 0.6) is 0 Å². The molecule has 3 rings (SSSR count). The first-order chi connectivity index (χ1) is 14.4. The second kappa shape index (κ2) is 8.40. The maximum atomic E-state index is 12.7. The number of carbonyl (C=O) groups is 1. The molecule has 0 fully saturated rings. The molecule has 1 amide bonds. The number of nitrogens with one attached hydrogen (secondary N) is 2. The van der Waals surface area contributed by atoms with E-state index < -0.39 is 27.7 Å². The van der Waals surface area contributed by atoms with E-state index in [1.54, 1.807) is 26.0 Å². The first-order valence-corrected chi connectivity index (χ1v) is 11.2. The maximum absolute atomic E-state index is 12.7. The van der Waals surface area contributed by atoms with Gasteiger partial charge in [0.05, 0.1) is 16.2 Å². The Kier molecular flexibility index (Phi) is 6.21. The Bertz CT molecular complexity index is 1230. The zero-order valence-electron chi connectivity index (χ0n) is 16.7. The van der Waals surface area contributed by atoms with E-state index in [4.69, 9.17) is 0 Å². The largest absolute Gasteiger partial charge is 0.416 e. The fraction of sp³-hybridized carbons (Fsp3) is 0.200. The molecule has 0 radical (unpaired) electrons. The molecule has 0 atom stereocenters. The number of alkyl halides is 3. The van der Waals surface area contributed by atoms with Crippen molar-refractivity contribution in [3.63, 3.8) is 0 Å². The number of rotatable bonds is 5. The van der Waals surface area contributed by atoms with E-state index in [2.05, 4.69) is 15.0 Å². The van der Waals surface area contributed by atoms with E-state index in [0.29, 0.717) is 21.8 Å². The number of hydrogen-bond donors (Lipinski definition) is 2. The molecule has 6 nitrogen and oxygen atoms in total. The molecule has 1 heterocycles. The molecule has 0 aliphatic rings. The third kappa shape index (κ3) is 4.94. The van der Waals surface area contributed by atoms with E-state index in [1.165, 1.54) is 25.2 Å². The van der Waals surface area contributed by atoms with Crippen LogP contribution in [0.3, 0.4) is 0 Å². The Balaban J connectivity index is 1.86. The SMILES string of the molecule is CNS(=O)(=O)c1cc(NC(=O)c2sc(-c3ccc(C(F)(F)F)cc3)nc2C)ccc1C. The second-order valence-corrected chi connectivity index (χ2v) is 9.50. The second-order valence-electron chi connectivity index (χ2n) is 6.65. The van der Waals surface area contributed by atoms with Gasteiger partial charge >= 0.3 is 6.18 Å². The molecule has 0 saturated heterocycles. The summed E-state index contributed by atoms with van der Waals surface area (Å²) in [4.78, 5) is 17.3. The quantitative estimate of drug-likeness (QED) is 0.571. The van der Waals surface area contributed by atoms with Gasteiger partial charge in [-0.2, -0.15) is 13.2 Å². The Morgan fingerprint density at radius 1 is 1.06 bits per heavy atom. The van der Waals surface area contributed by atoms with Crippen LogP contribution in [0.15, 0.2) is 47.4 Å². The van der Waals surface area contributed by atoms with Gasteiger partial charge in [0.1, 0.15) is 9.88 Å². The van der Waals surface area contributed by atoms with Crippen molar-refractivity contribution in [2.75, 3.05) is 12.4 Å². The molecule has 0 saturated carbocycles. The normalized spacial score (nSPS) is 12.1. The van der Waals surface area contributed by atoms with Crippen molar-refractivity contribution in [3.05, 3.63) is 64.2 Å². The minimum atomic E-state index is -4.43. The fourth-order valence-electron chi connectivity index (χ4n) is 2.80. The summed E-state index contributed by atoms with van der Waals surface area (Å²) in [6, 6.07) is 9.03. The number of hydrogen-bond acceptors (Lipinski definition) is 5. The number of halogens is 3. The molecule has 164 valence electrons. The Labute approximate surface area is 181 Å². The molecule has 3 aromatic rings. The van der Waals surface area contributed by atoms with Gasteiger partial charge in [0.25, 0.3) is 5.91 Å². The summed E-state index contributed by atoms with van der Waals surface area (Å²) in [6.07, 6.45) is -4.43. The van der Waals surface area contributed by atoms with Crippen molar-refractivity contribution < 1.29 is 26.4 Å². The topological polar surface area (TPSA) is 88.2 Å². The number of benzene rings is 2. The molecule has 0 unspecified atom stereocenters. The highest BCUT2D eigenvalue weighted by atomic mass is 32.2. The van der Waals surface area contributed by atoms with Crippen LogP contribution in [0.2, 0.25) is 0 Å². The van der Waals surface area contributed by atoms with Gasteiger partial charge in [-0.25, -0.2) is 18.1 Å². The summed E-state index contributed by atoms with van der Waals surface area (Å²) in [5.41, 5.74) is 0.902. The molecule has 0 bridgehead atoms. The smallest absolute Gasteiger partial charge is 0.321 e. The van der Waals surface area contributed by atoms with Crippen LogP contribution >= 0.6 is 11.3 Å². The van der Waals surface area contributed by atoms with Crippen LogP contribution in [-0.4, -0.2) is 26.4 Å². The lowest BCUT2D eigenvalue weighted by Gasteiger charge is -2.10. The Hall–Kier alpha value is -2.76. The predicted octanol–water partition coefficient (Wildman–Crippen LogP) is 4.61. The van der Waals surface area contributed by atoms with Crippen LogP contribution in [-0.2, 0) is 16.2 Å². The highest BCUT2D eigenvalue weighted by Crippen LogP contribution is 2.33. The molecule has 0 aliphatic carbocycles. The number of nitrogens with zero attached hydrogens (tertiary/aromatic N) is 1. The lowest BCUT2D eigenvalue weighted by molar-refractivity contribution is -0.137. The van der Waals surface area contributed by atoms with Crippen molar-refractivity contribution in [1.29, 1.82) is 0 Å². The van der Waals surface area contributed by atoms with Gasteiger partial charge in [0.15, 0.2) is 0 Å². The van der Waals surface area contributed by atoms with E-state index in [-0.39, 0.29) is 15.5 Å². The third-order valence-corrected chi connectivity index (χ3v) is 7.23. The van der Waals surface area contributed by atoms with Gasteiger partial charge in [-0.3, -0.25) is 4.79 Å². The first-order valence-electron chi connectivity index (χ1n) is 8.93. The summed E-state index contributed by atoms with van der Waals surface area (Å²) in [6.45, 7) is 3.25. The average molecular weight is 470 g/mol. The van der Waals surface area contributed by atoms with Gasteiger partial charge in [-0.1, -0.05) is 18.2 Å². The van der Waals surface area contributed by atoms with Crippen LogP contribution in [0.25, 0.3) is 10.6 Å². The third-order valence-electron chi connectivity index (χ3n) is 4.47. The zero-order chi connectivity index (χ0) is 23.0. The fourth-order valence-corrected chi connectivity index (χ4v) is 4.76. The van der Waals surface area contributed by atoms with Gasteiger partial charge in [0, 0.05) is 11.3 Å². The average Bonchev–Trinajstić information content (AvgIpc) is 3.10. The van der Waals surface area contributed by atoms with Crippen molar-refractivity contribution >= 4 is 33.0 Å². The van der Waals surface area contributed by atoms with Crippen molar-refractivity contribution in [2.24, 2.45) is 0 Å². The molecule has 2 aromatic carbocycles. The van der Waals surface area contributed by atoms with Crippen molar-refractivity contribution in [1.82, 2.24) is 9.71 Å². The minimum absolute atomic E-state index is 0.0410. The molecular formula is C20H18F3N3O3S2. The predicted molar refractivity (Wildman–Crippen MR) is 113 cm³/mol. The van der Waals surface area contributed by atoms with Crippen LogP contribution in [0, 0.1) is 13.8 Å². The van der Waals surface area contributed by atoms with Crippen molar-refractivity contribution in [2.45, 2.75) is 24.9 Å². The van der Waals surface area contributed by atoms with Gasteiger partial charge in [-0.05, 0) is 50.7 Å². The lowest BCUT2D eigenvalue weighted by atomic mass is 10.1. The summed E-state index contributed by atoms with van der Waals surface area (Å²) in [7, 11) is -2.40. The van der Waals surface area contributed by atoms with Gasteiger partial charge < -0.3 is 5.32 Å². The molecular weight excluding hydrogens is 451 g/mol. The van der Waals surface area contributed by atoms with Gasteiger partial charge in [-0.15, -0.1) is 11.3 Å². The molecule has 1 aromatic heterocycles. The first kappa shape index (κ1) is 22.9. The standard InChI is InChI=1S/C20H18F3N3O3S2/c1-11-4-9-15(10-16(11)31(28,29)24-3)26-18(27)17-12(2)25-19(30-17)13-5-7-14(8-6-13)20(21,22)23/h4-10,24H,1-3H3,(H,26,27). The number of thiazole rings is 1. The van der Waals surface area contributed by atoms with Crippen LogP contribution in [0.4, 0.5) is 18.9 Å². The Morgan fingerprint density at radius 2 is 1.71 bits per heavy atom. The molecule has 31 heavy (non-hydrogen) atoms. The Morgan fingerprint density at radius 3 is 2.29 bits per heavy atom. The van der Waals surface area contributed by atoms with Gasteiger partial charge in [0.2, 0.25) is 10.0 Å². The highest BCUT2D eigenvalue weighted by Gasteiger charge is 2.30. The number of carbonyl (C=O) groups excluding carboxylic acids is 1. The van der Waals surface area contributed by atoms with E-state index in [1.807, 2.05) is 0 Å².